The highest BCUT2D eigenvalue weighted by Crippen LogP contribution is 2.47. The molecule has 0 radical (unpaired) electrons. The Kier molecular flexibility index (Phi) is 24.8. The lowest BCUT2D eigenvalue weighted by Crippen LogP contribution is -2.39. The number of carbonyl (C=O) groups excluding carboxylic acids is 7. The van der Waals surface area contributed by atoms with Gasteiger partial charge in [0.2, 0.25) is 0 Å². The van der Waals surface area contributed by atoms with E-state index in [-0.39, 0.29) is 86.4 Å². The molecule has 0 aromatic heterocycles. The molecule has 1 heterocycles. The Bertz CT molecular complexity index is 2880. The van der Waals surface area contributed by atoms with E-state index >= 15 is 0 Å². The van der Waals surface area contributed by atoms with Crippen molar-refractivity contribution in [3.05, 3.63) is 162 Å². The van der Waals surface area contributed by atoms with Crippen LogP contribution < -0.4 is 5.32 Å². The molecular weight excluding hydrogens is 1010 g/mol. The van der Waals surface area contributed by atoms with E-state index in [9.17, 15) is 38.7 Å². The van der Waals surface area contributed by atoms with Gasteiger partial charge in [0.05, 0.1) is 61.9 Å². The average Bonchev–Trinajstić information content (AvgIpc) is 3.57. The first-order valence-electron chi connectivity index (χ1n) is 27.5. The molecule has 80 heavy (non-hydrogen) atoms. The molecule has 14 nitrogen and oxygen atoms in total. The highest BCUT2D eigenvalue weighted by molar-refractivity contribution is 6.04. The van der Waals surface area contributed by atoms with Crippen molar-refractivity contribution in [2.24, 2.45) is 0 Å². The molecule has 1 saturated carbocycles. The van der Waals surface area contributed by atoms with Crippen LogP contribution >= 0.6 is 0 Å². The normalized spacial score (nSPS) is 16.4. The van der Waals surface area contributed by atoms with Crippen molar-refractivity contribution in [3.8, 4) is 0 Å². The van der Waals surface area contributed by atoms with Gasteiger partial charge in [-0.15, -0.1) is 0 Å². The Balaban J connectivity index is 0.000000274. The highest BCUT2D eigenvalue weighted by atomic mass is 16.5. The van der Waals surface area contributed by atoms with E-state index in [1.807, 2.05) is 65.8 Å². The predicted molar refractivity (Wildman–Crippen MR) is 309 cm³/mol. The van der Waals surface area contributed by atoms with Crippen molar-refractivity contribution in [2.45, 2.75) is 178 Å². The minimum absolute atomic E-state index is 0.0122. The molecule has 0 amide bonds. The van der Waals surface area contributed by atoms with E-state index in [0.29, 0.717) is 54.7 Å². The second kappa shape index (κ2) is 30.2. The maximum absolute atomic E-state index is 14.0. The molecule has 4 aromatic carbocycles. The largest absolute Gasteiger partial charge is 0.466 e. The first-order valence-corrected chi connectivity index (χ1v) is 27.5. The van der Waals surface area contributed by atoms with Gasteiger partial charge >= 0.3 is 11.9 Å². The van der Waals surface area contributed by atoms with Gasteiger partial charge in [-0.3, -0.25) is 28.8 Å². The molecule has 2 atom stereocenters. The van der Waals surface area contributed by atoms with Crippen LogP contribution in [0.5, 0.6) is 0 Å². The highest BCUT2D eigenvalue weighted by Gasteiger charge is 2.43. The summed E-state index contributed by atoms with van der Waals surface area (Å²) in [6.07, 6.45) is 2.76. The number of dihydropyridines is 1. The number of rotatable bonds is 15. The summed E-state index contributed by atoms with van der Waals surface area (Å²) in [6.45, 7) is 28.0. The van der Waals surface area contributed by atoms with E-state index in [0.717, 1.165) is 28.7 Å². The first kappa shape index (κ1) is 65.8. The standard InChI is InChI=1S/C33H41NO5.C15H18O2.C10H18O4.C8H8O2/c1-8-38-32(37)31-26(18-39-33(5,6)7)34-25-15-24(28-20(3)12-19(2)13-21(28)4)16-27(36)30(25)29(31)23-11-9-10-22(14-23)17-35;1-9-4-10(2)15(11(3)5-9)12-6-13(16)8-14(17)7-12;1-5-13-9(12)6-8(11)7-14-10(2,3)4;9-5-7-2-1-3-8(4-7)6-10/h9-14,24,29,34-35H,8,15-18H2,1-7H3;4-5,12H,6-8H2,1-3H3;5-7H2,1-4H3;1-5,10H,6H2. The number of aliphatic hydroxyl groups is 2. The molecule has 7 rings (SSSR count). The summed E-state index contributed by atoms with van der Waals surface area (Å²) >= 11 is 0. The molecular formula is C66H85NO13. The van der Waals surface area contributed by atoms with Crippen LogP contribution in [0.1, 0.15) is 183 Å². The summed E-state index contributed by atoms with van der Waals surface area (Å²) in [4.78, 5) is 82.8. The number of aldehydes is 1. The minimum Gasteiger partial charge on any atom is -0.466 e. The van der Waals surface area contributed by atoms with Crippen molar-refractivity contribution in [3.63, 3.8) is 0 Å². The number of nitrogens with one attached hydrogen (secondary N) is 1. The summed E-state index contributed by atoms with van der Waals surface area (Å²) in [5.74, 6) is -1.50. The van der Waals surface area contributed by atoms with Gasteiger partial charge in [-0.25, -0.2) is 4.79 Å². The lowest BCUT2D eigenvalue weighted by Gasteiger charge is -2.38. The fourth-order valence-corrected chi connectivity index (χ4v) is 10.6. The zero-order valence-electron chi connectivity index (χ0n) is 49.6. The Hall–Kier alpha value is -6.71. The van der Waals surface area contributed by atoms with Gasteiger partial charge in [0.1, 0.15) is 30.9 Å². The van der Waals surface area contributed by atoms with Crippen LogP contribution in [-0.2, 0) is 60.9 Å². The Labute approximate surface area is 473 Å². The van der Waals surface area contributed by atoms with Gasteiger partial charge in [0, 0.05) is 42.0 Å². The number of hydrogen-bond donors (Lipinski definition) is 3. The molecule has 4 aromatic rings. The lowest BCUT2D eigenvalue weighted by molar-refractivity contribution is -0.147. The molecule has 3 N–H and O–H groups in total. The number of aliphatic hydroxyl groups excluding tert-OH is 2. The number of hydrogen-bond acceptors (Lipinski definition) is 14. The van der Waals surface area contributed by atoms with E-state index in [1.54, 1.807) is 38.1 Å². The molecule has 0 spiro atoms. The topological polar surface area (TPSA) is 209 Å². The zero-order chi connectivity index (χ0) is 59.6. The Morgan fingerprint density at radius 3 is 1.64 bits per heavy atom. The molecule has 1 fully saturated rings. The van der Waals surface area contributed by atoms with Gasteiger partial charge in [-0.2, -0.15) is 0 Å². The van der Waals surface area contributed by atoms with Gasteiger partial charge < -0.3 is 34.5 Å². The Morgan fingerprint density at radius 2 is 1.15 bits per heavy atom. The van der Waals surface area contributed by atoms with Gasteiger partial charge in [0.25, 0.3) is 0 Å². The van der Waals surface area contributed by atoms with Crippen LogP contribution in [0.3, 0.4) is 0 Å². The number of allylic oxidation sites excluding steroid dienone is 2. The average molecular weight is 1100 g/mol. The van der Waals surface area contributed by atoms with Crippen LogP contribution in [0.4, 0.5) is 0 Å². The summed E-state index contributed by atoms with van der Waals surface area (Å²) in [5.41, 5.74) is 14.2. The summed E-state index contributed by atoms with van der Waals surface area (Å²) in [6, 6.07) is 23.0. The van der Waals surface area contributed by atoms with Crippen molar-refractivity contribution in [1.82, 2.24) is 5.32 Å². The van der Waals surface area contributed by atoms with Crippen LogP contribution in [0, 0.1) is 41.5 Å². The predicted octanol–water partition coefficient (Wildman–Crippen LogP) is 11.2. The number of Topliss-reactive ketones (excluding diaryl/α,β-unsaturated/α-hetero) is 4. The van der Waals surface area contributed by atoms with Gasteiger partial charge in [-0.05, 0) is 171 Å². The van der Waals surface area contributed by atoms with E-state index in [4.69, 9.17) is 19.3 Å². The molecule has 0 bridgehead atoms. The number of benzene rings is 4. The minimum atomic E-state index is -0.612. The van der Waals surface area contributed by atoms with Crippen molar-refractivity contribution in [1.29, 1.82) is 0 Å². The van der Waals surface area contributed by atoms with Gasteiger partial charge in [-0.1, -0.05) is 77.9 Å². The van der Waals surface area contributed by atoms with Crippen LogP contribution in [0.15, 0.2) is 95.3 Å². The molecule has 3 aliphatic rings. The smallest absolute Gasteiger partial charge is 0.336 e. The van der Waals surface area contributed by atoms with Crippen LogP contribution in [0.2, 0.25) is 0 Å². The first-order chi connectivity index (χ1) is 37.6. The zero-order valence-corrected chi connectivity index (χ0v) is 49.6. The second-order valence-electron chi connectivity index (χ2n) is 22.8. The number of aryl methyl sites for hydroxylation is 6. The third-order valence-corrected chi connectivity index (χ3v) is 13.5. The molecule has 432 valence electrons. The Morgan fingerprint density at radius 1 is 0.650 bits per heavy atom. The van der Waals surface area contributed by atoms with Crippen LogP contribution in [-0.4, -0.2) is 89.2 Å². The summed E-state index contributed by atoms with van der Waals surface area (Å²) in [5, 5.41) is 22.0. The van der Waals surface area contributed by atoms with E-state index < -0.39 is 23.5 Å². The van der Waals surface area contributed by atoms with E-state index in [2.05, 4.69) is 75.9 Å². The van der Waals surface area contributed by atoms with Crippen LogP contribution in [0.25, 0.3) is 0 Å². The molecule has 0 saturated heterocycles. The fraction of sp³-hybridized carbons (Fsp3) is 0.470. The van der Waals surface area contributed by atoms with E-state index in [1.165, 1.54) is 44.5 Å². The molecule has 2 unspecified atom stereocenters. The maximum atomic E-state index is 14.0. The third kappa shape index (κ3) is 19.8. The third-order valence-electron chi connectivity index (χ3n) is 13.5. The summed E-state index contributed by atoms with van der Waals surface area (Å²) in [7, 11) is 0. The van der Waals surface area contributed by atoms with Crippen molar-refractivity contribution in [2.75, 3.05) is 26.4 Å². The molecule has 1 aliphatic heterocycles. The number of esters is 2. The quantitative estimate of drug-likeness (QED) is 0.0575. The monoisotopic (exact) mass is 1100 g/mol. The number of ether oxygens (including phenoxy) is 4. The van der Waals surface area contributed by atoms with Crippen molar-refractivity contribution < 1.29 is 62.7 Å². The van der Waals surface area contributed by atoms with Crippen molar-refractivity contribution >= 4 is 41.4 Å². The number of carbonyl (C=O) groups is 7. The SMILES string of the molecule is CCOC(=O)C1=C(COC(C)(C)C)NC2=C(C(=O)CC(c3c(C)cc(C)cc3C)C2)C1c1cccc(CO)c1.CCOC(=O)CC(=O)COC(C)(C)C.Cc1cc(C)c(C2CC(=O)CC(=O)C2)c(C)c1.O=Cc1cccc(CO)c1. The number of ketones is 4. The maximum Gasteiger partial charge on any atom is 0.336 e. The molecule has 14 heteroatoms. The second-order valence-corrected chi connectivity index (χ2v) is 22.8. The molecule has 2 aliphatic carbocycles. The lowest BCUT2D eigenvalue weighted by atomic mass is 9.70. The summed E-state index contributed by atoms with van der Waals surface area (Å²) < 4.78 is 21.5. The fourth-order valence-electron chi connectivity index (χ4n) is 10.6. The van der Waals surface area contributed by atoms with Gasteiger partial charge in [0.15, 0.2) is 11.6 Å².